The zero-order valence-corrected chi connectivity index (χ0v) is 21.8. The van der Waals surface area contributed by atoms with Crippen LogP contribution < -0.4 is 14.4 Å². The molecule has 0 spiro atoms. The number of carbonyl (C=O) groups excluding carboxylic acids is 1. The smallest absolute Gasteiger partial charge is 0.416 e. The maximum absolute atomic E-state index is 13.4. The topological polar surface area (TPSA) is 48.0 Å². The normalized spacial score (nSPS) is 13.9. The first-order valence-corrected chi connectivity index (χ1v) is 12.3. The van der Waals surface area contributed by atoms with Crippen LogP contribution in [0.25, 0.3) is 6.08 Å². The summed E-state index contributed by atoms with van der Waals surface area (Å²) in [7, 11) is 0. The molecule has 3 aromatic rings. The number of fused-ring (bicyclic) bond motifs is 1. The Morgan fingerprint density at radius 2 is 1.66 bits per heavy atom. The molecule has 0 aliphatic carbocycles. The molecule has 0 aromatic heterocycles. The first-order chi connectivity index (χ1) is 17.9. The maximum atomic E-state index is 13.4. The summed E-state index contributed by atoms with van der Waals surface area (Å²) in [6.07, 6.45) is -1.20. The van der Waals surface area contributed by atoms with E-state index in [2.05, 4.69) is 0 Å². The third-order valence-electron chi connectivity index (χ3n) is 6.10. The number of hydrogen-bond donors (Lipinski definition) is 0. The van der Waals surface area contributed by atoms with Crippen LogP contribution in [0, 0.1) is 6.92 Å². The van der Waals surface area contributed by atoms with Crippen molar-refractivity contribution in [3.05, 3.63) is 94.6 Å². The number of carbonyl (C=O) groups is 1. The van der Waals surface area contributed by atoms with Gasteiger partial charge in [0.05, 0.1) is 24.4 Å². The summed E-state index contributed by atoms with van der Waals surface area (Å²) in [6.45, 7) is 8.24. The van der Waals surface area contributed by atoms with Gasteiger partial charge in [0, 0.05) is 5.56 Å². The van der Waals surface area contributed by atoms with Crippen molar-refractivity contribution in [1.82, 2.24) is 0 Å². The number of amides is 1. The van der Waals surface area contributed by atoms with E-state index in [0.717, 1.165) is 34.6 Å². The number of aryl methyl sites for hydroxylation is 1. The zero-order valence-electron chi connectivity index (χ0n) is 21.8. The van der Waals surface area contributed by atoms with Gasteiger partial charge in [-0.1, -0.05) is 30.3 Å². The number of rotatable bonds is 7. The van der Waals surface area contributed by atoms with Crippen molar-refractivity contribution in [2.75, 3.05) is 11.5 Å². The maximum Gasteiger partial charge on any atom is 0.416 e. The van der Waals surface area contributed by atoms with Gasteiger partial charge in [0.15, 0.2) is 0 Å². The highest BCUT2D eigenvalue weighted by molar-refractivity contribution is 5.89. The molecular weight excluding hydrogens is 495 g/mol. The minimum Gasteiger partial charge on any atom is -0.494 e. The van der Waals surface area contributed by atoms with Crippen LogP contribution >= 0.6 is 0 Å². The van der Waals surface area contributed by atoms with E-state index in [-0.39, 0.29) is 13.2 Å². The average molecular weight is 526 g/mol. The molecule has 0 fully saturated rings. The summed E-state index contributed by atoms with van der Waals surface area (Å²) in [5.41, 5.74) is 2.23. The van der Waals surface area contributed by atoms with Gasteiger partial charge in [0.2, 0.25) is 0 Å². The lowest BCUT2D eigenvalue weighted by Crippen LogP contribution is -2.32. The minimum atomic E-state index is -4.44. The van der Waals surface area contributed by atoms with Gasteiger partial charge in [-0.2, -0.15) is 13.2 Å². The van der Waals surface area contributed by atoms with Crippen LogP contribution in [-0.4, -0.2) is 18.3 Å². The average Bonchev–Trinajstić information content (AvgIpc) is 2.86. The molecule has 1 aliphatic heterocycles. The Kier molecular flexibility index (Phi) is 7.71. The van der Waals surface area contributed by atoms with Crippen molar-refractivity contribution in [2.24, 2.45) is 0 Å². The first-order valence-electron chi connectivity index (χ1n) is 12.3. The summed E-state index contributed by atoms with van der Waals surface area (Å²) >= 11 is 0. The lowest BCUT2D eigenvalue weighted by Gasteiger charge is -2.30. The molecule has 0 atom stereocenters. The molecule has 200 valence electrons. The summed E-state index contributed by atoms with van der Waals surface area (Å²) in [5.74, 6) is 1.41. The van der Waals surface area contributed by atoms with Gasteiger partial charge >= 0.3 is 12.3 Å². The molecule has 0 saturated heterocycles. The van der Waals surface area contributed by atoms with Gasteiger partial charge in [-0.05, 0) is 86.9 Å². The molecule has 38 heavy (non-hydrogen) atoms. The molecular formula is C30H30F3NO4. The molecule has 3 aromatic carbocycles. The van der Waals surface area contributed by atoms with Crippen LogP contribution in [0.4, 0.5) is 23.7 Å². The first kappa shape index (κ1) is 27.1. The van der Waals surface area contributed by atoms with Crippen LogP contribution in [0.5, 0.6) is 11.5 Å². The Hall–Kier alpha value is -3.94. The number of halogens is 3. The van der Waals surface area contributed by atoms with Gasteiger partial charge in [0.1, 0.15) is 23.7 Å². The van der Waals surface area contributed by atoms with Crippen molar-refractivity contribution < 1.29 is 32.2 Å². The predicted octanol–water partition coefficient (Wildman–Crippen LogP) is 7.94. The number of hydrogen-bond acceptors (Lipinski definition) is 4. The summed E-state index contributed by atoms with van der Waals surface area (Å²) in [6, 6.07) is 15.7. The zero-order chi connectivity index (χ0) is 27.5. The van der Waals surface area contributed by atoms with Crippen LogP contribution in [0.15, 0.2) is 66.7 Å². The quantitative estimate of drug-likeness (QED) is 0.314. The van der Waals surface area contributed by atoms with Gasteiger partial charge in [-0.3, -0.25) is 4.90 Å². The second kappa shape index (κ2) is 10.8. The fraction of sp³-hybridized carbons (Fsp3) is 0.300. The molecule has 0 N–H and O–H groups in total. The number of alkyl halides is 3. The van der Waals surface area contributed by atoms with Gasteiger partial charge in [-0.15, -0.1) is 0 Å². The van der Waals surface area contributed by atoms with E-state index in [4.69, 9.17) is 14.2 Å². The molecule has 0 radical (unpaired) electrons. The third kappa shape index (κ3) is 6.49. The summed E-state index contributed by atoms with van der Waals surface area (Å²) in [5, 5.41) is 0. The lowest BCUT2D eigenvalue weighted by atomic mass is 9.99. The Morgan fingerprint density at radius 1 is 1.00 bits per heavy atom. The van der Waals surface area contributed by atoms with Crippen molar-refractivity contribution in [3.8, 4) is 11.5 Å². The van der Waals surface area contributed by atoms with E-state index < -0.39 is 23.4 Å². The van der Waals surface area contributed by atoms with Crippen molar-refractivity contribution in [2.45, 2.75) is 52.6 Å². The Morgan fingerprint density at radius 3 is 2.29 bits per heavy atom. The molecule has 1 heterocycles. The van der Waals surface area contributed by atoms with E-state index >= 15 is 0 Å². The monoisotopic (exact) mass is 525 g/mol. The molecule has 1 aliphatic rings. The molecule has 5 nitrogen and oxygen atoms in total. The van der Waals surface area contributed by atoms with Gasteiger partial charge in [-0.25, -0.2) is 4.79 Å². The predicted molar refractivity (Wildman–Crippen MR) is 140 cm³/mol. The van der Waals surface area contributed by atoms with E-state index in [1.807, 2.05) is 64.1 Å². The Balaban J connectivity index is 1.61. The van der Waals surface area contributed by atoms with Crippen LogP contribution in [0.1, 0.15) is 48.6 Å². The van der Waals surface area contributed by atoms with Gasteiger partial charge < -0.3 is 14.2 Å². The summed E-state index contributed by atoms with van der Waals surface area (Å²) in [4.78, 5) is 14.8. The Labute approximate surface area is 220 Å². The van der Waals surface area contributed by atoms with Crippen LogP contribution in [0.3, 0.4) is 0 Å². The van der Waals surface area contributed by atoms with E-state index in [0.29, 0.717) is 23.6 Å². The molecule has 8 heteroatoms. The van der Waals surface area contributed by atoms with E-state index in [1.54, 1.807) is 12.1 Å². The molecule has 0 unspecified atom stereocenters. The van der Waals surface area contributed by atoms with Crippen molar-refractivity contribution in [1.29, 1.82) is 0 Å². The highest BCUT2D eigenvalue weighted by Crippen LogP contribution is 2.37. The fourth-order valence-electron chi connectivity index (χ4n) is 4.10. The third-order valence-corrected chi connectivity index (χ3v) is 6.10. The minimum absolute atomic E-state index is 0.0237. The highest BCUT2D eigenvalue weighted by Gasteiger charge is 2.30. The van der Waals surface area contributed by atoms with Crippen molar-refractivity contribution >= 4 is 17.9 Å². The van der Waals surface area contributed by atoms with E-state index in [1.165, 1.54) is 17.0 Å². The molecule has 0 bridgehead atoms. The van der Waals surface area contributed by atoms with E-state index in [9.17, 15) is 18.0 Å². The van der Waals surface area contributed by atoms with Crippen LogP contribution in [-0.2, 0) is 24.1 Å². The summed E-state index contributed by atoms with van der Waals surface area (Å²) < 4.78 is 56.3. The van der Waals surface area contributed by atoms with Crippen LogP contribution in [0.2, 0.25) is 0 Å². The number of anilines is 1. The fourth-order valence-corrected chi connectivity index (χ4v) is 4.10. The second-order valence-electron chi connectivity index (χ2n) is 9.63. The number of ether oxygens (including phenoxy) is 3. The molecule has 4 rings (SSSR count). The van der Waals surface area contributed by atoms with Crippen molar-refractivity contribution in [3.63, 3.8) is 0 Å². The largest absolute Gasteiger partial charge is 0.494 e. The Bertz CT molecular complexity index is 1310. The standard InChI is InChI=1S/C30H30F3NO4/c1-5-36-25-12-8-22(9-13-25)19-37-28(35)34(18-21-6-10-24(11-7-21)30(31,32)33)26-17-23-14-15-29(3,4)38-27(23)16-20(26)2/h6-17H,5,18-19H2,1-4H3. The number of benzene rings is 3. The molecule has 0 saturated carbocycles. The lowest BCUT2D eigenvalue weighted by molar-refractivity contribution is -0.137. The SMILES string of the molecule is CCOc1ccc(COC(=O)N(Cc2ccc(C(F)(F)F)cc2)c2cc3c(cc2C)OC(C)(C)C=C3)cc1. The highest BCUT2D eigenvalue weighted by atomic mass is 19.4. The van der Waals surface area contributed by atoms with Gasteiger partial charge in [0.25, 0.3) is 0 Å². The number of nitrogens with zero attached hydrogens (tertiary/aromatic N) is 1. The second-order valence-corrected chi connectivity index (χ2v) is 9.63. The molecule has 1 amide bonds.